The number of aliphatic carboxylic acids is 2. The fourth-order valence-electron chi connectivity index (χ4n) is 3.80. The SMILES string of the molecule is O=C(O)C1=C(C(=O)O)N(c2ccccc2)C(c2ccccc2)N(c2ccccc2)C1. The predicted octanol–water partition coefficient (Wildman–Crippen LogP) is 4.14. The third-order valence-corrected chi connectivity index (χ3v) is 5.08. The topological polar surface area (TPSA) is 81.1 Å². The Labute approximate surface area is 173 Å². The summed E-state index contributed by atoms with van der Waals surface area (Å²) in [5.74, 6) is -2.52. The molecule has 0 saturated heterocycles. The van der Waals surface area contributed by atoms with Crippen molar-refractivity contribution in [3.63, 3.8) is 0 Å². The molecule has 0 radical (unpaired) electrons. The van der Waals surface area contributed by atoms with E-state index in [-0.39, 0.29) is 17.8 Å². The van der Waals surface area contributed by atoms with Crippen LogP contribution in [0.5, 0.6) is 0 Å². The first-order valence-electron chi connectivity index (χ1n) is 9.48. The molecule has 0 fully saturated rings. The van der Waals surface area contributed by atoms with Crippen LogP contribution < -0.4 is 9.80 Å². The number of carboxylic acids is 2. The summed E-state index contributed by atoms with van der Waals surface area (Å²) in [5, 5.41) is 19.9. The molecule has 3 aromatic rings. The van der Waals surface area contributed by atoms with Crippen molar-refractivity contribution >= 4 is 23.3 Å². The van der Waals surface area contributed by atoms with E-state index in [0.717, 1.165) is 11.3 Å². The Hall–Kier alpha value is -4.06. The number of carbonyl (C=O) groups is 2. The van der Waals surface area contributed by atoms with Crippen LogP contribution in [-0.4, -0.2) is 28.7 Å². The molecule has 1 aliphatic heterocycles. The maximum atomic E-state index is 12.3. The lowest BCUT2D eigenvalue weighted by molar-refractivity contribution is -0.136. The average Bonchev–Trinajstić information content (AvgIpc) is 2.79. The van der Waals surface area contributed by atoms with Crippen LogP contribution in [0.2, 0.25) is 0 Å². The van der Waals surface area contributed by atoms with Gasteiger partial charge in [0.1, 0.15) is 11.9 Å². The molecule has 0 bridgehead atoms. The molecule has 6 nitrogen and oxygen atoms in total. The number of anilines is 2. The van der Waals surface area contributed by atoms with Crippen molar-refractivity contribution in [2.24, 2.45) is 0 Å². The van der Waals surface area contributed by atoms with Crippen LogP contribution in [-0.2, 0) is 9.59 Å². The summed E-state index contributed by atoms with van der Waals surface area (Å²) in [5.41, 5.74) is 1.86. The second-order valence-electron chi connectivity index (χ2n) is 6.89. The van der Waals surface area contributed by atoms with Gasteiger partial charge in [0.25, 0.3) is 0 Å². The molecule has 6 heteroatoms. The van der Waals surface area contributed by atoms with Crippen LogP contribution in [0.1, 0.15) is 11.7 Å². The molecule has 0 aliphatic carbocycles. The van der Waals surface area contributed by atoms with Gasteiger partial charge in [0, 0.05) is 11.4 Å². The van der Waals surface area contributed by atoms with Gasteiger partial charge in [-0.3, -0.25) is 0 Å². The van der Waals surface area contributed by atoms with E-state index in [1.54, 1.807) is 29.2 Å². The quantitative estimate of drug-likeness (QED) is 0.670. The average molecular weight is 400 g/mol. The Morgan fingerprint density at radius 2 is 1.20 bits per heavy atom. The summed E-state index contributed by atoms with van der Waals surface area (Å²) in [6, 6.07) is 27.9. The third kappa shape index (κ3) is 3.51. The highest BCUT2D eigenvalue weighted by atomic mass is 16.4. The van der Waals surface area contributed by atoms with Gasteiger partial charge in [-0.1, -0.05) is 66.7 Å². The highest BCUT2D eigenvalue weighted by Crippen LogP contribution is 2.41. The molecule has 2 N–H and O–H groups in total. The van der Waals surface area contributed by atoms with Crippen molar-refractivity contribution in [1.29, 1.82) is 0 Å². The smallest absolute Gasteiger partial charge is 0.353 e. The standard InChI is InChI=1S/C24H20N2O4/c27-23(28)20-16-25(18-12-6-2-7-13-18)22(17-10-4-1-5-11-17)26(21(20)24(29)30)19-14-8-3-9-15-19/h1-15,22H,16H2,(H,27,28)(H,29,30). The van der Waals surface area contributed by atoms with Gasteiger partial charge in [0.2, 0.25) is 0 Å². The van der Waals surface area contributed by atoms with Crippen LogP contribution in [0, 0.1) is 0 Å². The van der Waals surface area contributed by atoms with Gasteiger partial charge in [-0.05, 0) is 29.8 Å². The van der Waals surface area contributed by atoms with Crippen molar-refractivity contribution < 1.29 is 19.8 Å². The Bertz CT molecular complexity index is 1080. The van der Waals surface area contributed by atoms with Crippen LogP contribution in [0.4, 0.5) is 11.4 Å². The zero-order valence-electron chi connectivity index (χ0n) is 16.1. The van der Waals surface area contributed by atoms with E-state index in [2.05, 4.69) is 0 Å². The maximum Gasteiger partial charge on any atom is 0.353 e. The molecule has 0 amide bonds. The Kier molecular flexibility index (Phi) is 5.22. The number of benzene rings is 3. The fraction of sp³-hybridized carbons (Fsp3) is 0.0833. The van der Waals surface area contributed by atoms with E-state index in [0.29, 0.717) is 5.69 Å². The number of para-hydroxylation sites is 2. The molecular weight excluding hydrogens is 380 g/mol. The molecule has 0 saturated carbocycles. The summed E-state index contributed by atoms with van der Waals surface area (Å²) in [6.45, 7) is -0.0378. The van der Waals surface area contributed by atoms with E-state index < -0.39 is 18.1 Å². The van der Waals surface area contributed by atoms with Gasteiger partial charge in [-0.15, -0.1) is 0 Å². The van der Waals surface area contributed by atoms with Crippen LogP contribution in [0.3, 0.4) is 0 Å². The molecule has 1 heterocycles. The van der Waals surface area contributed by atoms with Crippen LogP contribution >= 0.6 is 0 Å². The minimum Gasteiger partial charge on any atom is -0.478 e. The maximum absolute atomic E-state index is 12.3. The molecule has 150 valence electrons. The molecule has 1 atom stereocenters. The third-order valence-electron chi connectivity index (χ3n) is 5.08. The zero-order chi connectivity index (χ0) is 21.1. The van der Waals surface area contributed by atoms with Crippen molar-refractivity contribution in [1.82, 2.24) is 0 Å². The summed E-state index contributed by atoms with van der Waals surface area (Å²) in [6.07, 6.45) is -0.537. The van der Waals surface area contributed by atoms with Gasteiger partial charge in [0.05, 0.1) is 12.1 Å². The molecular formula is C24H20N2O4. The van der Waals surface area contributed by atoms with Crippen LogP contribution in [0.15, 0.2) is 102 Å². The second kappa shape index (κ2) is 8.13. The normalized spacial score (nSPS) is 16.5. The highest BCUT2D eigenvalue weighted by Gasteiger charge is 2.41. The van der Waals surface area contributed by atoms with Gasteiger partial charge in [-0.25, -0.2) is 9.59 Å². The summed E-state index contributed by atoms with van der Waals surface area (Å²) < 4.78 is 0. The lowest BCUT2D eigenvalue weighted by atomic mass is 10.00. The molecule has 3 aromatic carbocycles. The first-order chi connectivity index (χ1) is 14.6. The van der Waals surface area contributed by atoms with Gasteiger partial charge in [0.15, 0.2) is 0 Å². The highest BCUT2D eigenvalue weighted by molar-refractivity contribution is 6.03. The molecule has 4 rings (SSSR count). The zero-order valence-corrected chi connectivity index (χ0v) is 16.1. The summed E-state index contributed by atoms with van der Waals surface area (Å²) in [7, 11) is 0. The largest absolute Gasteiger partial charge is 0.478 e. The number of rotatable bonds is 5. The van der Waals surface area contributed by atoms with Crippen molar-refractivity contribution in [2.75, 3.05) is 16.3 Å². The lowest BCUT2D eigenvalue weighted by Gasteiger charge is -2.46. The molecule has 0 aromatic heterocycles. The Morgan fingerprint density at radius 3 is 1.70 bits per heavy atom. The van der Waals surface area contributed by atoms with E-state index in [4.69, 9.17) is 0 Å². The van der Waals surface area contributed by atoms with Crippen molar-refractivity contribution in [2.45, 2.75) is 6.17 Å². The summed E-state index contributed by atoms with van der Waals surface area (Å²) >= 11 is 0. The molecule has 30 heavy (non-hydrogen) atoms. The van der Waals surface area contributed by atoms with E-state index in [1.807, 2.05) is 71.6 Å². The first-order valence-corrected chi connectivity index (χ1v) is 9.48. The number of carboxylic acid groups (broad SMARTS) is 2. The lowest BCUT2D eigenvalue weighted by Crippen LogP contribution is -2.50. The Morgan fingerprint density at radius 1 is 0.700 bits per heavy atom. The van der Waals surface area contributed by atoms with Gasteiger partial charge in [-0.2, -0.15) is 0 Å². The van der Waals surface area contributed by atoms with E-state index in [1.165, 1.54) is 0 Å². The molecule has 1 aliphatic rings. The second-order valence-corrected chi connectivity index (χ2v) is 6.89. The van der Waals surface area contributed by atoms with E-state index in [9.17, 15) is 19.8 Å². The van der Waals surface area contributed by atoms with Gasteiger partial charge >= 0.3 is 11.9 Å². The monoisotopic (exact) mass is 400 g/mol. The predicted molar refractivity (Wildman–Crippen MR) is 114 cm³/mol. The number of nitrogens with zero attached hydrogens (tertiary/aromatic N) is 2. The summed E-state index contributed by atoms with van der Waals surface area (Å²) in [4.78, 5) is 27.9. The van der Waals surface area contributed by atoms with E-state index >= 15 is 0 Å². The fourth-order valence-corrected chi connectivity index (χ4v) is 3.80. The number of hydrogen-bond acceptors (Lipinski definition) is 4. The molecule has 0 spiro atoms. The molecule has 1 unspecified atom stereocenters. The number of hydrogen-bond donors (Lipinski definition) is 2. The van der Waals surface area contributed by atoms with Crippen LogP contribution in [0.25, 0.3) is 0 Å². The minimum atomic E-state index is -1.27. The van der Waals surface area contributed by atoms with Gasteiger partial charge < -0.3 is 20.0 Å². The minimum absolute atomic E-state index is 0.0378. The van der Waals surface area contributed by atoms with Crippen molar-refractivity contribution in [3.05, 3.63) is 108 Å². The Balaban J connectivity index is 2.02. The van der Waals surface area contributed by atoms with Crippen molar-refractivity contribution in [3.8, 4) is 0 Å². The first kappa shape index (κ1) is 19.3.